The van der Waals surface area contributed by atoms with E-state index in [-0.39, 0.29) is 11.7 Å². The van der Waals surface area contributed by atoms with Gasteiger partial charge in [0.15, 0.2) is 0 Å². The lowest BCUT2D eigenvalue weighted by Crippen LogP contribution is -2.12. The molecule has 0 atom stereocenters. The molecule has 0 fully saturated rings. The Bertz CT molecular complexity index is 541. The summed E-state index contributed by atoms with van der Waals surface area (Å²) in [6.07, 6.45) is 1.85. The number of aromatic nitrogens is 1. The minimum Gasteiger partial charge on any atom is -0.508 e. The van der Waals surface area contributed by atoms with Crippen LogP contribution in [-0.2, 0) is 7.05 Å². The van der Waals surface area contributed by atoms with Crippen molar-refractivity contribution in [2.75, 3.05) is 5.32 Å². The van der Waals surface area contributed by atoms with Gasteiger partial charge in [0.05, 0.1) is 5.56 Å². The molecule has 0 spiro atoms. The molecule has 4 nitrogen and oxygen atoms in total. The van der Waals surface area contributed by atoms with Crippen molar-refractivity contribution in [3.63, 3.8) is 0 Å². The van der Waals surface area contributed by atoms with E-state index in [0.717, 1.165) is 5.69 Å². The third-order valence-corrected chi connectivity index (χ3v) is 2.75. The van der Waals surface area contributed by atoms with Crippen LogP contribution in [0.3, 0.4) is 0 Å². The van der Waals surface area contributed by atoms with E-state index in [4.69, 9.17) is 5.11 Å². The van der Waals surface area contributed by atoms with Gasteiger partial charge in [-0.2, -0.15) is 0 Å². The number of hydrogen-bond acceptors (Lipinski definition) is 2. The average Bonchev–Trinajstić information content (AvgIpc) is 2.63. The smallest absolute Gasteiger partial charge is 0.257 e. The zero-order valence-corrected chi connectivity index (χ0v) is 9.77. The Kier molecular flexibility index (Phi) is 2.87. The van der Waals surface area contributed by atoms with Crippen LogP contribution in [0.5, 0.6) is 5.75 Å². The van der Waals surface area contributed by atoms with E-state index < -0.39 is 0 Å². The van der Waals surface area contributed by atoms with Gasteiger partial charge in [-0.3, -0.25) is 4.79 Å². The zero-order chi connectivity index (χ0) is 12.4. The summed E-state index contributed by atoms with van der Waals surface area (Å²) in [5, 5.41) is 11.9. The molecule has 0 saturated heterocycles. The van der Waals surface area contributed by atoms with E-state index in [1.54, 1.807) is 18.2 Å². The molecule has 4 heteroatoms. The number of carbonyl (C=O) groups excluding carboxylic acids is 1. The van der Waals surface area contributed by atoms with Crippen LogP contribution in [0, 0.1) is 6.92 Å². The van der Waals surface area contributed by atoms with Crippen LogP contribution in [0.25, 0.3) is 0 Å². The number of phenols is 1. The Morgan fingerprint density at radius 3 is 2.41 bits per heavy atom. The van der Waals surface area contributed by atoms with Crippen molar-refractivity contribution in [3.8, 4) is 5.75 Å². The molecule has 0 aliphatic carbocycles. The summed E-state index contributed by atoms with van der Waals surface area (Å²) in [5.74, 6) is 0.0349. The number of rotatable bonds is 2. The number of carbonyl (C=O) groups is 1. The summed E-state index contributed by atoms with van der Waals surface area (Å²) < 4.78 is 1.89. The number of anilines is 1. The molecule has 88 valence electrons. The van der Waals surface area contributed by atoms with E-state index in [0.29, 0.717) is 11.3 Å². The van der Waals surface area contributed by atoms with Crippen LogP contribution in [0.1, 0.15) is 16.1 Å². The summed E-state index contributed by atoms with van der Waals surface area (Å²) in [6, 6.07) is 8.17. The van der Waals surface area contributed by atoms with Gasteiger partial charge in [0, 0.05) is 24.6 Å². The van der Waals surface area contributed by atoms with Crippen molar-refractivity contribution in [1.82, 2.24) is 4.57 Å². The molecule has 0 radical (unpaired) electrons. The highest BCUT2D eigenvalue weighted by Crippen LogP contribution is 2.16. The van der Waals surface area contributed by atoms with Crippen LogP contribution in [-0.4, -0.2) is 15.6 Å². The second-order valence-electron chi connectivity index (χ2n) is 3.93. The van der Waals surface area contributed by atoms with Crippen molar-refractivity contribution in [1.29, 1.82) is 0 Å². The van der Waals surface area contributed by atoms with Crippen LogP contribution in [0.15, 0.2) is 36.5 Å². The molecule has 2 N–H and O–H groups in total. The molecule has 0 unspecified atom stereocenters. The maximum atomic E-state index is 11.9. The Balaban J connectivity index is 2.17. The Morgan fingerprint density at radius 1 is 1.24 bits per heavy atom. The Hall–Kier alpha value is -2.23. The first kappa shape index (κ1) is 11.3. The zero-order valence-electron chi connectivity index (χ0n) is 9.77. The predicted molar refractivity (Wildman–Crippen MR) is 66.2 cm³/mol. The van der Waals surface area contributed by atoms with E-state index in [9.17, 15) is 4.79 Å². The second-order valence-corrected chi connectivity index (χ2v) is 3.93. The Morgan fingerprint density at radius 2 is 1.88 bits per heavy atom. The van der Waals surface area contributed by atoms with Crippen molar-refractivity contribution in [2.24, 2.45) is 7.05 Å². The quantitative estimate of drug-likeness (QED) is 0.778. The molecule has 1 amide bonds. The largest absolute Gasteiger partial charge is 0.508 e. The van der Waals surface area contributed by atoms with Gasteiger partial charge in [-0.1, -0.05) is 0 Å². The fourth-order valence-corrected chi connectivity index (χ4v) is 1.59. The number of benzene rings is 1. The molecule has 1 aromatic carbocycles. The highest BCUT2D eigenvalue weighted by Gasteiger charge is 2.11. The topological polar surface area (TPSA) is 54.3 Å². The van der Waals surface area contributed by atoms with Gasteiger partial charge in [-0.25, -0.2) is 0 Å². The summed E-state index contributed by atoms with van der Waals surface area (Å²) in [4.78, 5) is 11.9. The number of aromatic hydroxyl groups is 1. The molecule has 1 aromatic heterocycles. The molecule has 0 saturated carbocycles. The van der Waals surface area contributed by atoms with Crippen molar-refractivity contribution >= 4 is 11.6 Å². The van der Waals surface area contributed by atoms with Crippen LogP contribution in [0.2, 0.25) is 0 Å². The first-order valence-corrected chi connectivity index (χ1v) is 5.30. The normalized spacial score (nSPS) is 10.2. The van der Waals surface area contributed by atoms with E-state index in [2.05, 4.69) is 5.32 Å². The molecular weight excluding hydrogens is 216 g/mol. The van der Waals surface area contributed by atoms with Gasteiger partial charge >= 0.3 is 0 Å². The molecule has 2 aromatic rings. The SMILES string of the molecule is Cc1c(C(=O)Nc2ccc(O)cc2)ccn1C. The number of hydrogen-bond donors (Lipinski definition) is 2. The second kappa shape index (κ2) is 4.33. The summed E-state index contributed by atoms with van der Waals surface area (Å²) in [7, 11) is 1.90. The molecule has 17 heavy (non-hydrogen) atoms. The summed E-state index contributed by atoms with van der Waals surface area (Å²) >= 11 is 0. The lowest BCUT2D eigenvalue weighted by atomic mass is 10.2. The van der Waals surface area contributed by atoms with E-state index in [1.165, 1.54) is 12.1 Å². The number of phenolic OH excluding ortho intramolecular Hbond substituents is 1. The van der Waals surface area contributed by atoms with Gasteiger partial charge in [0.25, 0.3) is 5.91 Å². The maximum absolute atomic E-state index is 11.9. The van der Waals surface area contributed by atoms with E-state index in [1.807, 2.05) is 24.7 Å². The number of amides is 1. The predicted octanol–water partition coefficient (Wildman–Crippen LogP) is 2.29. The highest BCUT2D eigenvalue weighted by atomic mass is 16.3. The molecule has 0 aliphatic rings. The third kappa shape index (κ3) is 2.30. The van der Waals surface area contributed by atoms with Gasteiger partial charge in [-0.05, 0) is 37.3 Å². The van der Waals surface area contributed by atoms with Gasteiger partial charge in [0.2, 0.25) is 0 Å². The fourth-order valence-electron chi connectivity index (χ4n) is 1.59. The van der Waals surface area contributed by atoms with Gasteiger partial charge in [-0.15, -0.1) is 0 Å². The minimum atomic E-state index is -0.145. The van der Waals surface area contributed by atoms with Crippen molar-refractivity contribution in [3.05, 3.63) is 47.8 Å². The van der Waals surface area contributed by atoms with Crippen molar-refractivity contribution < 1.29 is 9.90 Å². The molecular formula is C13H14N2O2. The maximum Gasteiger partial charge on any atom is 0.257 e. The first-order valence-electron chi connectivity index (χ1n) is 5.30. The first-order chi connectivity index (χ1) is 8.08. The minimum absolute atomic E-state index is 0.145. The van der Waals surface area contributed by atoms with Crippen LogP contribution >= 0.6 is 0 Å². The van der Waals surface area contributed by atoms with E-state index >= 15 is 0 Å². The number of nitrogens with zero attached hydrogens (tertiary/aromatic N) is 1. The monoisotopic (exact) mass is 230 g/mol. The van der Waals surface area contributed by atoms with Crippen LogP contribution in [0.4, 0.5) is 5.69 Å². The number of nitrogens with one attached hydrogen (secondary N) is 1. The average molecular weight is 230 g/mol. The lowest BCUT2D eigenvalue weighted by Gasteiger charge is -2.05. The fraction of sp³-hybridized carbons (Fsp3) is 0.154. The summed E-state index contributed by atoms with van der Waals surface area (Å²) in [6.45, 7) is 1.89. The van der Waals surface area contributed by atoms with Gasteiger partial charge < -0.3 is 15.0 Å². The van der Waals surface area contributed by atoms with Crippen molar-refractivity contribution in [2.45, 2.75) is 6.92 Å². The van der Waals surface area contributed by atoms with Gasteiger partial charge in [0.1, 0.15) is 5.75 Å². The lowest BCUT2D eigenvalue weighted by molar-refractivity contribution is 0.102. The Labute approximate surface area is 99.5 Å². The van der Waals surface area contributed by atoms with Crippen LogP contribution < -0.4 is 5.32 Å². The number of aryl methyl sites for hydroxylation is 1. The summed E-state index contributed by atoms with van der Waals surface area (Å²) in [5.41, 5.74) is 2.23. The molecule has 0 bridgehead atoms. The molecule has 0 aliphatic heterocycles. The third-order valence-electron chi connectivity index (χ3n) is 2.75. The standard InChI is InChI=1S/C13H14N2O2/c1-9-12(7-8-15(9)2)13(17)14-10-3-5-11(16)6-4-10/h3-8,16H,1-2H3,(H,14,17). The molecule has 2 rings (SSSR count). The molecule has 1 heterocycles. The highest BCUT2D eigenvalue weighted by molar-refractivity contribution is 6.05.